The van der Waals surface area contributed by atoms with E-state index in [9.17, 15) is 0 Å². The van der Waals surface area contributed by atoms with Gasteiger partial charge in [0.15, 0.2) is 0 Å². The minimum atomic E-state index is 1.30. The van der Waals surface area contributed by atoms with Crippen molar-refractivity contribution in [1.29, 1.82) is 0 Å². The summed E-state index contributed by atoms with van der Waals surface area (Å²) in [5.74, 6) is 0. The number of hydrogen-bond acceptors (Lipinski definition) is 1. The lowest BCUT2D eigenvalue weighted by Crippen LogP contribution is -1.80. The zero-order valence-corrected chi connectivity index (χ0v) is 14.3. The largest absolute Gasteiger partial charge is 0.135 e. The first-order valence-electron chi connectivity index (χ1n) is 8.54. The zero-order chi connectivity index (χ0) is 16.4. The smallest absolute Gasteiger partial charge is 0.0362 e. The summed E-state index contributed by atoms with van der Waals surface area (Å²) in [6, 6.07) is 31.2. The van der Waals surface area contributed by atoms with E-state index >= 15 is 0 Å². The fraction of sp³-hybridized carbons (Fsp3) is 0. The highest BCUT2D eigenvalue weighted by Crippen LogP contribution is 2.39. The molecule has 0 aliphatic rings. The molecule has 0 spiro atoms. The second kappa shape index (κ2) is 4.81. The molecule has 116 valence electrons. The van der Waals surface area contributed by atoms with Crippen molar-refractivity contribution in [3.8, 4) is 0 Å². The molecule has 0 nitrogen and oxygen atoms in total. The first-order chi connectivity index (χ1) is 12.4. The summed E-state index contributed by atoms with van der Waals surface area (Å²) >= 11 is 1.89. The highest BCUT2D eigenvalue weighted by molar-refractivity contribution is 7.25. The molecule has 0 aliphatic heterocycles. The van der Waals surface area contributed by atoms with Crippen LogP contribution in [-0.2, 0) is 0 Å². The monoisotopic (exact) mass is 334 g/mol. The quantitative estimate of drug-likeness (QED) is 0.252. The van der Waals surface area contributed by atoms with Crippen molar-refractivity contribution in [2.75, 3.05) is 0 Å². The van der Waals surface area contributed by atoms with Gasteiger partial charge in [-0.05, 0) is 50.5 Å². The summed E-state index contributed by atoms with van der Waals surface area (Å²) in [5, 5.41) is 10.7. The zero-order valence-electron chi connectivity index (χ0n) is 13.5. The minimum absolute atomic E-state index is 1.30. The van der Waals surface area contributed by atoms with Gasteiger partial charge in [0.25, 0.3) is 0 Å². The molecule has 0 radical (unpaired) electrons. The van der Waals surface area contributed by atoms with Crippen LogP contribution in [0.4, 0.5) is 0 Å². The number of fused-ring (bicyclic) bond motifs is 8. The van der Waals surface area contributed by atoms with E-state index in [0.29, 0.717) is 0 Å². The second-order valence-electron chi connectivity index (χ2n) is 6.62. The predicted molar refractivity (Wildman–Crippen MR) is 112 cm³/mol. The molecule has 1 heterocycles. The Bertz CT molecular complexity index is 1440. The number of rotatable bonds is 0. The summed E-state index contributed by atoms with van der Waals surface area (Å²) in [4.78, 5) is 0. The predicted octanol–water partition coefficient (Wildman–Crippen LogP) is 7.51. The molecule has 0 saturated carbocycles. The minimum Gasteiger partial charge on any atom is -0.135 e. The fourth-order valence-electron chi connectivity index (χ4n) is 4.04. The molecule has 6 rings (SSSR count). The van der Waals surface area contributed by atoms with Gasteiger partial charge < -0.3 is 0 Å². The van der Waals surface area contributed by atoms with Gasteiger partial charge in [0.2, 0.25) is 0 Å². The maximum absolute atomic E-state index is 2.38. The van der Waals surface area contributed by atoms with Crippen molar-refractivity contribution in [1.82, 2.24) is 0 Å². The third-order valence-electron chi connectivity index (χ3n) is 5.24. The number of thiophene rings is 1. The lowest BCUT2D eigenvalue weighted by molar-refractivity contribution is 1.79. The summed E-state index contributed by atoms with van der Waals surface area (Å²) in [7, 11) is 0. The van der Waals surface area contributed by atoms with Crippen LogP contribution in [0, 0.1) is 0 Å². The van der Waals surface area contributed by atoms with Crippen LogP contribution in [0.3, 0.4) is 0 Å². The molecule has 6 aromatic rings. The number of benzene rings is 5. The molecule has 5 aromatic carbocycles. The highest BCUT2D eigenvalue weighted by Gasteiger charge is 2.09. The van der Waals surface area contributed by atoms with Crippen LogP contribution in [0.5, 0.6) is 0 Å². The lowest BCUT2D eigenvalue weighted by atomic mass is 9.96. The standard InChI is InChI=1S/C24H14S/c1-2-6-17-15(5-1)9-11-19-18(17)12-10-16-13-22-20-7-3-4-8-23(20)25-24(22)14-21(16)19/h1-14H. The second-order valence-corrected chi connectivity index (χ2v) is 7.70. The Morgan fingerprint density at radius 2 is 1.12 bits per heavy atom. The summed E-state index contributed by atoms with van der Waals surface area (Å²) in [6.07, 6.45) is 0. The topological polar surface area (TPSA) is 0 Å². The average molecular weight is 334 g/mol. The molecule has 0 saturated heterocycles. The first-order valence-corrected chi connectivity index (χ1v) is 9.36. The number of hydrogen-bond donors (Lipinski definition) is 0. The van der Waals surface area contributed by atoms with Gasteiger partial charge in [-0.15, -0.1) is 11.3 Å². The SMILES string of the molecule is c1ccc2c(c1)ccc1c3cc4sc5ccccc5c4cc3ccc21. The van der Waals surface area contributed by atoms with Crippen molar-refractivity contribution < 1.29 is 0 Å². The Hall–Kier alpha value is -2.90. The van der Waals surface area contributed by atoms with Crippen LogP contribution < -0.4 is 0 Å². The van der Waals surface area contributed by atoms with E-state index in [1.165, 1.54) is 52.5 Å². The summed E-state index contributed by atoms with van der Waals surface area (Å²) < 4.78 is 2.73. The molecule has 1 aromatic heterocycles. The molecule has 0 fully saturated rings. The normalized spacial score (nSPS) is 12.0. The Morgan fingerprint density at radius 3 is 2.04 bits per heavy atom. The molecular formula is C24H14S. The van der Waals surface area contributed by atoms with E-state index in [-0.39, 0.29) is 0 Å². The molecule has 0 aliphatic carbocycles. The van der Waals surface area contributed by atoms with Crippen LogP contribution in [-0.4, -0.2) is 0 Å². The van der Waals surface area contributed by atoms with E-state index in [1.807, 2.05) is 11.3 Å². The molecule has 0 N–H and O–H groups in total. The van der Waals surface area contributed by atoms with Gasteiger partial charge >= 0.3 is 0 Å². The Kier molecular flexibility index (Phi) is 2.58. The van der Waals surface area contributed by atoms with Gasteiger partial charge in [-0.25, -0.2) is 0 Å². The van der Waals surface area contributed by atoms with E-state index in [1.54, 1.807) is 0 Å². The van der Waals surface area contributed by atoms with Gasteiger partial charge in [-0.1, -0.05) is 66.7 Å². The average Bonchev–Trinajstić information content (AvgIpc) is 3.03. The van der Waals surface area contributed by atoms with Gasteiger partial charge in [0.1, 0.15) is 0 Å². The molecule has 0 unspecified atom stereocenters. The molecule has 1 heteroatoms. The van der Waals surface area contributed by atoms with E-state index in [4.69, 9.17) is 0 Å². The lowest BCUT2D eigenvalue weighted by Gasteiger charge is -2.08. The van der Waals surface area contributed by atoms with Gasteiger partial charge in [-0.2, -0.15) is 0 Å². The van der Waals surface area contributed by atoms with Crippen molar-refractivity contribution >= 4 is 63.8 Å². The Labute approximate surface area is 148 Å². The Balaban J connectivity index is 1.82. The molecular weight excluding hydrogens is 320 g/mol. The maximum Gasteiger partial charge on any atom is 0.0362 e. The molecule has 0 atom stereocenters. The summed E-state index contributed by atoms with van der Waals surface area (Å²) in [5.41, 5.74) is 0. The van der Waals surface area contributed by atoms with Crippen LogP contribution in [0.2, 0.25) is 0 Å². The molecule has 25 heavy (non-hydrogen) atoms. The van der Waals surface area contributed by atoms with Crippen LogP contribution >= 0.6 is 11.3 Å². The van der Waals surface area contributed by atoms with Crippen molar-refractivity contribution in [2.24, 2.45) is 0 Å². The van der Waals surface area contributed by atoms with Crippen molar-refractivity contribution in [2.45, 2.75) is 0 Å². The molecule has 0 amide bonds. The molecule has 0 bridgehead atoms. The van der Waals surface area contributed by atoms with Crippen LogP contribution in [0.1, 0.15) is 0 Å². The van der Waals surface area contributed by atoms with E-state index in [0.717, 1.165) is 0 Å². The Morgan fingerprint density at radius 1 is 0.400 bits per heavy atom. The van der Waals surface area contributed by atoms with Crippen LogP contribution in [0.15, 0.2) is 84.9 Å². The van der Waals surface area contributed by atoms with Gasteiger partial charge in [0.05, 0.1) is 0 Å². The van der Waals surface area contributed by atoms with E-state index in [2.05, 4.69) is 84.9 Å². The van der Waals surface area contributed by atoms with Crippen LogP contribution in [0.25, 0.3) is 52.5 Å². The van der Waals surface area contributed by atoms with Crippen molar-refractivity contribution in [3.63, 3.8) is 0 Å². The highest BCUT2D eigenvalue weighted by atomic mass is 32.1. The maximum atomic E-state index is 2.38. The van der Waals surface area contributed by atoms with Gasteiger partial charge in [-0.3, -0.25) is 0 Å². The van der Waals surface area contributed by atoms with Crippen molar-refractivity contribution in [3.05, 3.63) is 84.9 Å². The third kappa shape index (κ3) is 1.82. The fourth-order valence-corrected chi connectivity index (χ4v) is 5.17. The first kappa shape index (κ1) is 13.4. The third-order valence-corrected chi connectivity index (χ3v) is 6.37. The van der Waals surface area contributed by atoms with E-state index < -0.39 is 0 Å². The summed E-state index contributed by atoms with van der Waals surface area (Å²) in [6.45, 7) is 0. The van der Waals surface area contributed by atoms with Gasteiger partial charge in [0, 0.05) is 20.2 Å².